The fourth-order valence-electron chi connectivity index (χ4n) is 4.14. The molecule has 4 aromatic carbocycles. The summed E-state index contributed by atoms with van der Waals surface area (Å²) in [6.45, 7) is -0.0463. The van der Waals surface area contributed by atoms with Crippen molar-refractivity contribution in [2.45, 2.75) is 0 Å². The summed E-state index contributed by atoms with van der Waals surface area (Å²) < 4.78 is 24.5. The van der Waals surface area contributed by atoms with Crippen LogP contribution in [0.15, 0.2) is 97.1 Å². The Balaban J connectivity index is 1.61. The molecule has 0 aliphatic rings. The molecule has 4 aromatic rings. The van der Waals surface area contributed by atoms with E-state index in [4.69, 9.17) is 18.9 Å². The lowest BCUT2D eigenvalue weighted by Crippen LogP contribution is -2.45. The van der Waals surface area contributed by atoms with Crippen LogP contribution in [-0.4, -0.2) is 95.1 Å². The standard InChI is InChI=1S/C29H32B4O12/c34-30(35)21-1-9-25(10-2-21)42-17-29(18-43-26-11-3-22(4-12-26)31(36)37,19-44-27-13-5-23(6-14-27)32(38)39)20-45-28-15-7-24(8-16-28)33(40)41/h1-16,34-41H,17-20H2. The van der Waals surface area contributed by atoms with Crippen LogP contribution in [0.25, 0.3) is 0 Å². The molecule has 12 nitrogen and oxygen atoms in total. The molecule has 16 heteroatoms. The van der Waals surface area contributed by atoms with Crippen LogP contribution in [0, 0.1) is 5.41 Å². The van der Waals surface area contributed by atoms with E-state index in [2.05, 4.69) is 0 Å². The van der Waals surface area contributed by atoms with Crippen molar-refractivity contribution < 1.29 is 59.1 Å². The van der Waals surface area contributed by atoms with Crippen molar-refractivity contribution in [1.29, 1.82) is 0 Å². The summed E-state index contributed by atoms with van der Waals surface area (Å²) in [4.78, 5) is 0. The summed E-state index contributed by atoms with van der Waals surface area (Å²) in [5.74, 6) is 1.69. The molecule has 0 saturated carbocycles. The third-order valence-corrected chi connectivity index (χ3v) is 6.89. The highest BCUT2D eigenvalue weighted by molar-refractivity contribution is 6.59. The Morgan fingerprint density at radius 1 is 0.333 bits per heavy atom. The zero-order valence-corrected chi connectivity index (χ0v) is 24.1. The monoisotopic (exact) mass is 616 g/mol. The molecule has 4 rings (SSSR count). The first kappa shape index (κ1) is 33.9. The fraction of sp³-hybridized carbons (Fsp3) is 0.172. The Morgan fingerprint density at radius 3 is 0.667 bits per heavy atom. The predicted molar refractivity (Wildman–Crippen MR) is 169 cm³/mol. The smallest absolute Gasteiger partial charge is 0.488 e. The summed E-state index contributed by atoms with van der Waals surface area (Å²) in [7, 11) is -6.54. The summed E-state index contributed by atoms with van der Waals surface area (Å²) >= 11 is 0. The Kier molecular flexibility index (Phi) is 11.9. The Labute approximate surface area is 261 Å². The molecule has 8 N–H and O–H groups in total. The third kappa shape index (κ3) is 10.0. The van der Waals surface area contributed by atoms with E-state index >= 15 is 0 Å². The second kappa shape index (κ2) is 15.8. The zero-order chi connectivity index (χ0) is 32.4. The predicted octanol–water partition coefficient (Wildman–Crippen LogP) is -2.99. The van der Waals surface area contributed by atoms with Crippen LogP contribution in [0.3, 0.4) is 0 Å². The molecule has 0 aromatic heterocycles. The SMILES string of the molecule is OB(O)c1ccc(OCC(COc2ccc(B(O)O)cc2)(COc2ccc(B(O)O)cc2)COc2ccc(B(O)O)cc2)cc1. The normalized spacial score (nSPS) is 11.0. The molecule has 0 amide bonds. The van der Waals surface area contributed by atoms with Gasteiger partial charge in [0.2, 0.25) is 0 Å². The first-order chi connectivity index (χ1) is 21.5. The Hall–Kier alpha value is -3.98. The van der Waals surface area contributed by atoms with E-state index < -0.39 is 33.9 Å². The average molecular weight is 616 g/mol. The third-order valence-electron chi connectivity index (χ3n) is 6.89. The molecule has 0 fully saturated rings. The summed E-state index contributed by atoms with van der Waals surface area (Å²) in [5, 5.41) is 75.5. The molecule has 232 valence electrons. The Bertz CT molecular complexity index is 1230. The topological polar surface area (TPSA) is 199 Å². The van der Waals surface area contributed by atoms with Gasteiger partial charge in [-0.2, -0.15) is 0 Å². The van der Waals surface area contributed by atoms with E-state index in [1.807, 2.05) is 0 Å². The number of ether oxygens (including phenoxy) is 4. The molecule has 45 heavy (non-hydrogen) atoms. The van der Waals surface area contributed by atoms with Gasteiger partial charge in [0.25, 0.3) is 0 Å². The van der Waals surface area contributed by atoms with Gasteiger partial charge in [0.15, 0.2) is 0 Å². The first-order valence-corrected chi connectivity index (χ1v) is 13.9. The number of hydrogen-bond acceptors (Lipinski definition) is 12. The molecular formula is C29H32B4O12. The summed E-state index contributed by atoms with van der Waals surface area (Å²) in [5.41, 5.74) is 0.121. The molecular weight excluding hydrogens is 584 g/mol. The van der Waals surface area contributed by atoms with Crippen molar-refractivity contribution in [2.24, 2.45) is 5.41 Å². The van der Waals surface area contributed by atoms with Crippen LogP contribution in [0.2, 0.25) is 0 Å². The lowest BCUT2D eigenvalue weighted by molar-refractivity contribution is -0.00349. The second-order valence-corrected chi connectivity index (χ2v) is 10.4. The van der Waals surface area contributed by atoms with Gasteiger partial charge in [-0.25, -0.2) is 0 Å². The van der Waals surface area contributed by atoms with E-state index in [1.165, 1.54) is 48.5 Å². The van der Waals surface area contributed by atoms with Gasteiger partial charge in [-0.3, -0.25) is 0 Å². The highest BCUT2D eigenvalue weighted by Gasteiger charge is 2.36. The van der Waals surface area contributed by atoms with Gasteiger partial charge in [-0.05, 0) is 70.4 Å². The van der Waals surface area contributed by atoms with Crippen LogP contribution in [-0.2, 0) is 0 Å². The molecule has 0 atom stereocenters. The quantitative estimate of drug-likeness (QED) is 0.0596. The second-order valence-electron chi connectivity index (χ2n) is 10.4. The van der Waals surface area contributed by atoms with Crippen molar-refractivity contribution in [3.05, 3.63) is 97.1 Å². The number of benzene rings is 4. The van der Waals surface area contributed by atoms with Gasteiger partial charge in [0.1, 0.15) is 54.8 Å². The molecule has 0 saturated heterocycles. The first-order valence-electron chi connectivity index (χ1n) is 13.9. The minimum absolute atomic E-state index is 0.0116. The van der Waals surface area contributed by atoms with Crippen molar-refractivity contribution in [2.75, 3.05) is 26.4 Å². The Morgan fingerprint density at radius 2 is 0.511 bits per heavy atom. The van der Waals surface area contributed by atoms with Gasteiger partial charge in [-0.1, -0.05) is 48.5 Å². The average Bonchev–Trinajstić information content (AvgIpc) is 3.04. The van der Waals surface area contributed by atoms with Crippen molar-refractivity contribution >= 4 is 50.3 Å². The fourth-order valence-corrected chi connectivity index (χ4v) is 4.14. The lowest BCUT2D eigenvalue weighted by Gasteiger charge is -2.33. The van der Waals surface area contributed by atoms with Crippen molar-refractivity contribution in [3.8, 4) is 23.0 Å². The van der Waals surface area contributed by atoms with Crippen LogP contribution in [0.5, 0.6) is 23.0 Å². The minimum atomic E-state index is -1.64. The van der Waals surface area contributed by atoms with Gasteiger partial charge >= 0.3 is 28.5 Å². The van der Waals surface area contributed by atoms with E-state index in [0.717, 1.165) is 0 Å². The molecule has 0 unspecified atom stereocenters. The molecule has 0 heterocycles. The number of hydrogen-bond donors (Lipinski definition) is 8. The molecule has 0 aliphatic heterocycles. The maximum Gasteiger partial charge on any atom is 0.488 e. The van der Waals surface area contributed by atoms with E-state index in [-0.39, 0.29) is 48.3 Å². The van der Waals surface area contributed by atoms with Gasteiger partial charge in [0.05, 0.1) is 0 Å². The minimum Gasteiger partial charge on any atom is -0.493 e. The highest BCUT2D eigenvalue weighted by Crippen LogP contribution is 2.26. The van der Waals surface area contributed by atoms with E-state index in [1.54, 1.807) is 48.5 Å². The molecule has 0 bridgehead atoms. The summed E-state index contributed by atoms with van der Waals surface area (Å²) in [6.07, 6.45) is 0. The van der Waals surface area contributed by atoms with Crippen molar-refractivity contribution in [1.82, 2.24) is 0 Å². The van der Waals surface area contributed by atoms with E-state index in [9.17, 15) is 40.2 Å². The molecule has 0 spiro atoms. The van der Waals surface area contributed by atoms with Crippen LogP contribution < -0.4 is 40.8 Å². The van der Waals surface area contributed by atoms with Gasteiger partial charge in [-0.15, -0.1) is 0 Å². The van der Waals surface area contributed by atoms with Gasteiger partial charge < -0.3 is 59.1 Å². The number of rotatable bonds is 16. The van der Waals surface area contributed by atoms with Crippen LogP contribution >= 0.6 is 0 Å². The zero-order valence-electron chi connectivity index (χ0n) is 24.1. The lowest BCUT2D eigenvalue weighted by atomic mass is 9.80. The molecule has 0 radical (unpaired) electrons. The van der Waals surface area contributed by atoms with Crippen molar-refractivity contribution in [3.63, 3.8) is 0 Å². The highest BCUT2D eigenvalue weighted by atomic mass is 16.5. The molecule has 0 aliphatic carbocycles. The maximum atomic E-state index is 9.43. The summed E-state index contributed by atoms with van der Waals surface area (Å²) in [6, 6.07) is 24.7. The largest absolute Gasteiger partial charge is 0.493 e. The van der Waals surface area contributed by atoms with E-state index in [0.29, 0.717) is 23.0 Å². The van der Waals surface area contributed by atoms with Crippen LogP contribution in [0.1, 0.15) is 0 Å². The van der Waals surface area contributed by atoms with Gasteiger partial charge in [0, 0.05) is 0 Å². The maximum absolute atomic E-state index is 9.43. The van der Waals surface area contributed by atoms with Crippen LogP contribution in [0.4, 0.5) is 0 Å².